The summed E-state index contributed by atoms with van der Waals surface area (Å²) in [6.45, 7) is 3.74. The molecule has 2 rings (SSSR count). The van der Waals surface area contributed by atoms with Crippen LogP contribution in [-0.2, 0) is 26.0 Å². The van der Waals surface area contributed by atoms with Crippen LogP contribution in [0, 0.1) is 6.92 Å². The Kier molecular flexibility index (Phi) is 6.77. The lowest BCUT2D eigenvalue weighted by Crippen LogP contribution is -2.46. The van der Waals surface area contributed by atoms with Crippen molar-refractivity contribution in [1.82, 2.24) is 9.62 Å². The molecule has 1 fully saturated rings. The van der Waals surface area contributed by atoms with Crippen LogP contribution in [-0.4, -0.2) is 57.2 Å². The van der Waals surface area contributed by atoms with Crippen molar-refractivity contribution in [3.8, 4) is 0 Å². The molecule has 1 saturated heterocycles. The van der Waals surface area contributed by atoms with Crippen molar-refractivity contribution < 1.29 is 17.9 Å². The first-order valence-electron chi connectivity index (χ1n) is 8.23. The van der Waals surface area contributed by atoms with Crippen LogP contribution < -0.4 is 5.32 Å². The minimum atomic E-state index is -3.30. The van der Waals surface area contributed by atoms with Gasteiger partial charge in [0.05, 0.1) is 12.7 Å². The van der Waals surface area contributed by atoms with Gasteiger partial charge >= 0.3 is 0 Å². The van der Waals surface area contributed by atoms with E-state index in [0.717, 1.165) is 11.1 Å². The van der Waals surface area contributed by atoms with E-state index in [9.17, 15) is 13.2 Å². The van der Waals surface area contributed by atoms with Gasteiger partial charge < -0.3 is 10.1 Å². The summed E-state index contributed by atoms with van der Waals surface area (Å²) >= 11 is 0. The predicted molar refractivity (Wildman–Crippen MR) is 93.3 cm³/mol. The monoisotopic (exact) mass is 354 g/mol. The molecule has 0 bridgehead atoms. The molecule has 0 unspecified atom stereocenters. The second kappa shape index (κ2) is 8.60. The highest BCUT2D eigenvalue weighted by Crippen LogP contribution is 2.16. The van der Waals surface area contributed by atoms with E-state index in [2.05, 4.69) is 5.32 Å². The first-order chi connectivity index (χ1) is 11.4. The second-order valence-corrected chi connectivity index (χ2v) is 8.11. The normalized spacial score (nSPS) is 16.3. The Morgan fingerprint density at radius 3 is 2.58 bits per heavy atom. The molecule has 0 aliphatic carbocycles. The fourth-order valence-electron chi connectivity index (χ4n) is 2.94. The number of hydrogen-bond donors (Lipinski definition) is 1. The smallest absolute Gasteiger partial charge is 0.224 e. The number of amides is 1. The fourth-order valence-corrected chi connectivity index (χ4v) is 4.12. The van der Waals surface area contributed by atoms with Crippen LogP contribution in [0.4, 0.5) is 0 Å². The van der Waals surface area contributed by atoms with Crippen LogP contribution >= 0.6 is 0 Å². The number of nitrogens with zero attached hydrogens (tertiary/aromatic N) is 1. The summed E-state index contributed by atoms with van der Waals surface area (Å²) in [6.07, 6.45) is 2.93. The van der Waals surface area contributed by atoms with E-state index in [-0.39, 0.29) is 11.9 Å². The van der Waals surface area contributed by atoms with E-state index >= 15 is 0 Å². The van der Waals surface area contributed by atoms with Crippen molar-refractivity contribution in [3.63, 3.8) is 0 Å². The molecule has 0 aromatic heterocycles. The van der Waals surface area contributed by atoms with Crippen LogP contribution in [0.25, 0.3) is 0 Å². The molecular weight excluding hydrogens is 328 g/mol. The molecule has 1 aromatic rings. The summed E-state index contributed by atoms with van der Waals surface area (Å²) in [5, 5.41) is 2.82. The SMILES string of the molecule is Cc1ccccc1CC(=O)NCCN(C1CCOCC1)S(C)(=O)=O. The van der Waals surface area contributed by atoms with Crippen molar-refractivity contribution in [2.45, 2.75) is 32.2 Å². The Hall–Kier alpha value is -1.44. The molecule has 1 heterocycles. The number of rotatable bonds is 7. The molecule has 24 heavy (non-hydrogen) atoms. The van der Waals surface area contributed by atoms with Crippen molar-refractivity contribution in [2.75, 3.05) is 32.6 Å². The molecular formula is C17H26N2O4S. The van der Waals surface area contributed by atoms with Gasteiger partial charge in [0.2, 0.25) is 15.9 Å². The number of sulfonamides is 1. The molecule has 1 aliphatic rings. The van der Waals surface area contributed by atoms with Gasteiger partial charge in [-0.15, -0.1) is 0 Å². The number of hydrogen-bond acceptors (Lipinski definition) is 4. The maximum absolute atomic E-state index is 12.1. The van der Waals surface area contributed by atoms with Crippen LogP contribution in [0.2, 0.25) is 0 Å². The second-order valence-electron chi connectivity index (χ2n) is 6.17. The van der Waals surface area contributed by atoms with Gasteiger partial charge in [-0.25, -0.2) is 8.42 Å². The van der Waals surface area contributed by atoms with Gasteiger partial charge in [-0.1, -0.05) is 24.3 Å². The third-order valence-electron chi connectivity index (χ3n) is 4.29. The number of carbonyl (C=O) groups is 1. The average Bonchev–Trinajstić information content (AvgIpc) is 2.53. The Morgan fingerprint density at radius 1 is 1.29 bits per heavy atom. The highest BCUT2D eigenvalue weighted by atomic mass is 32.2. The maximum Gasteiger partial charge on any atom is 0.224 e. The molecule has 7 heteroatoms. The first kappa shape index (κ1) is 18.9. The topological polar surface area (TPSA) is 75.7 Å². The standard InChI is InChI=1S/C17H26N2O4S/c1-14-5-3-4-6-15(14)13-17(20)18-9-10-19(24(2,21)22)16-7-11-23-12-8-16/h3-6,16H,7-13H2,1-2H3,(H,18,20). The zero-order chi connectivity index (χ0) is 17.6. The van der Waals surface area contributed by atoms with Gasteiger partial charge in [-0.3, -0.25) is 4.79 Å². The molecule has 1 amide bonds. The van der Waals surface area contributed by atoms with Gasteiger partial charge in [0.25, 0.3) is 0 Å². The number of nitrogens with one attached hydrogen (secondary N) is 1. The lowest BCUT2D eigenvalue weighted by atomic mass is 10.1. The molecule has 0 radical (unpaired) electrons. The van der Waals surface area contributed by atoms with Gasteiger partial charge in [0, 0.05) is 32.3 Å². The van der Waals surface area contributed by atoms with E-state index < -0.39 is 10.0 Å². The summed E-state index contributed by atoms with van der Waals surface area (Å²) in [4.78, 5) is 12.1. The Balaban J connectivity index is 1.86. The summed E-state index contributed by atoms with van der Waals surface area (Å²) < 4.78 is 30.8. The summed E-state index contributed by atoms with van der Waals surface area (Å²) in [5.41, 5.74) is 2.06. The van der Waals surface area contributed by atoms with Gasteiger partial charge in [-0.2, -0.15) is 4.31 Å². The third kappa shape index (κ3) is 5.58. The van der Waals surface area contributed by atoms with Crippen LogP contribution in [0.5, 0.6) is 0 Å². The van der Waals surface area contributed by atoms with E-state index in [1.165, 1.54) is 10.6 Å². The highest BCUT2D eigenvalue weighted by Gasteiger charge is 2.28. The average molecular weight is 354 g/mol. The third-order valence-corrected chi connectivity index (χ3v) is 5.62. The number of carbonyl (C=O) groups excluding carboxylic acids is 1. The predicted octanol–water partition coefficient (Wildman–Crippen LogP) is 1.09. The molecule has 1 aromatic carbocycles. The molecule has 6 nitrogen and oxygen atoms in total. The molecule has 0 atom stereocenters. The lowest BCUT2D eigenvalue weighted by Gasteiger charge is -2.32. The summed E-state index contributed by atoms with van der Waals surface area (Å²) in [5.74, 6) is -0.0928. The van der Waals surface area contributed by atoms with Crippen LogP contribution in [0.15, 0.2) is 24.3 Å². The van der Waals surface area contributed by atoms with Gasteiger partial charge in [0.15, 0.2) is 0 Å². The minimum Gasteiger partial charge on any atom is -0.381 e. The van der Waals surface area contributed by atoms with Crippen molar-refractivity contribution in [1.29, 1.82) is 0 Å². The fraction of sp³-hybridized carbons (Fsp3) is 0.588. The quantitative estimate of drug-likeness (QED) is 0.795. The molecule has 1 N–H and O–H groups in total. The molecule has 134 valence electrons. The first-order valence-corrected chi connectivity index (χ1v) is 10.1. The zero-order valence-corrected chi connectivity index (χ0v) is 15.1. The Morgan fingerprint density at radius 2 is 1.96 bits per heavy atom. The molecule has 0 spiro atoms. The van der Waals surface area contributed by atoms with E-state index in [1.807, 2.05) is 31.2 Å². The largest absolute Gasteiger partial charge is 0.381 e. The van der Waals surface area contributed by atoms with Gasteiger partial charge in [-0.05, 0) is 30.9 Å². The number of ether oxygens (including phenoxy) is 1. The lowest BCUT2D eigenvalue weighted by molar-refractivity contribution is -0.120. The maximum atomic E-state index is 12.1. The van der Waals surface area contributed by atoms with Crippen molar-refractivity contribution in [2.24, 2.45) is 0 Å². The molecule has 1 aliphatic heterocycles. The molecule has 0 saturated carbocycles. The zero-order valence-electron chi connectivity index (χ0n) is 14.3. The van der Waals surface area contributed by atoms with E-state index in [1.54, 1.807) is 0 Å². The Labute approximate surface area is 144 Å². The number of aryl methyl sites for hydroxylation is 1. The Bertz CT molecular complexity index is 654. The van der Waals surface area contributed by atoms with Crippen LogP contribution in [0.3, 0.4) is 0 Å². The van der Waals surface area contributed by atoms with Gasteiger partial charge in [0.1, 0.15) is 0 Å². The highest BCUT2D eigenvalue weighted by molar-refractivity contribution is 7.88. The number of benzene rings is 1. The minimum absolute atomic E-state index is 0.0398. The van der Waals surface area contributed by atoms with Crippen LogP contribution in [0.1, 0.15) is 24.0 Å². The summed E-state index contributed by atoms with van der Waals surface area (Å²) in [7, 11) is -3.30. The van der Waals surface area contributed by atoms with E-state index in [4.69, 9.17) is 4.74 Å². The summed E-state index contributed by atoms with van der Waals surface area (Å²) in [6, 6.07) is 7.71. The van der Waals surface area contributed by atoms with E-state index in [0.29, 0.717) is 45.6 Å². The van der Waals surface area contributed by atoms with Crippen molar-refractivity contribution >= 4 is 15.9 Å². The van der Waals surface area contributed by atoms with Crippen molar-refractivity contribution in [3.05, 3.63) is 35.4 Å².